The number of nitrogens with one attached hydrogen (secondary N) is 3. The first-order chi connectivity index (χ1) is 16.0. The van der Waals surface area contributed by atoms with Crippen molar-refractivity contribution in [2.75, 3.05) is 35.7 Å². The van der Waals surface area contributed by atoms with E-state index in [4.69, 9.17) is 4.42 Å². The zero-order chi connectivity index (χ0) is 22.5. The van der Waals surface area contributed by atoms with E-state index in [1.54, 1.807) is 18.3 Å². The van der Waals surface area contributed by atoms with E-state index >= 15 is 0 Å². The van der Waals surface area contributed by atoms with Crippen molar-refractivity contribution in [3.8, 4) is 0 Å². The zero-order valence-electron chi connectivity index (χ0n) is 18.4. The molecule has 2 aliphatic rings. The fraction of sp³-hybridized carbons (Fsp3) is 0.304. The molecule has 3 N–H and O–H groups in total. The number of oxazole rings is 1. The van der Waals surface area contributed by atoms with E-state index in [2.05, 4.69) is 53.5 Å². The Morgan fingerprint density at radius 1 is 1.06 bits per heavy atom. The molecule has 6 rings (SSSR count). The summed E-state index contributed by atoms with van der Waals surface area (Å²) in [6, 6.07) is 10.6. The van der Waals surface area contributed by atoms with Gasteiger partial charge in [-0.05, 0) is 50.7 Å². The number of pyridine rings is 1. The lowest BCUT2D eigenvalue weighted by Crippen LogP contribution is -2.44. The second-order valence-electron chi connectivity index (χ2n) is 8.74. The van der Waals surface area contributed by atoms with Crippen LogP contribution in [0.1, 0.15) is 12.0 Å². The fourth-order valence-electron chi connectivity index (χ4n) is 4.70. The summed E-state index contributed by atoms with van der Waals surface area (Å²) in [5.74, 6) is 1.67. The van der Waals surface area contributed by atoms with Crippen molar-refractivity contribution in [3.05, 3.63) is 58.8 Å². The predicted molar refractivity (Wildman–Crippen MR) is 127 cm³/mol. The summed E-state index contributed by atoms with van der Waals surface area (Å²) >= 11 is 0. The SMILES string of the molecule is Cc1cnc(Nc2ccc(N3C[C@H]4C[C@@H]3CN4C)nc2)nc1Nc1ccc2oc(=O)[nH]c2c1. The van der Waals surface area contributed by atoms with Crippen LogP contribution in [0.4, 0.5) is 29.0 Å². The minimum atomic E-state index is -0.476. The van der Waals surface area contributed by atoms with Gasteiger partial charge in [0.1, 0.15) is 11.6 Å². The lowest BCUT2D eigenvalue weighted by Gasteiger charge is -2.32. The Kier molecular flexibility index (Phi) is 4.54. The van der Waals surface area contributed by atoms with Crippen LogP contribution in [0.2, 0.25) is 0 Å². The van der Waals surface area contributed by atoms with Gasteiger partial charge in [0, 0.05) is 42.6 Å². The van der Waals surface area contributed by atoms with Crippen molar-refractivity contribution in [2.45, 2.75) is 25.4 Å². The number of likely N-dealkylation sites (N-methyl/N-ethyl adjacent to an activating group) is 1. The molecule has 0 aliphatic carbocycles. The molecule has 0 radical (unpaired) electrons. The number of nitrogens with zero attached hydrogens (tertiary/aromatic N) is 5. The largest absolute Gasteiger partial charge is 0.417 e. The van der Waals surface area contributed by atoms with Crippen molar-refractivity contribution < 1.29 is 4.42 Å². The third kappa shape index (κ3) is 3.68. The molecule has 10 nitrogen and oxygen atoms in total. The molecule has 0 amide bonds. The molecule has 4 aromatic rings. The van der Waals surface area contributed by atoms with E-state index in [1.807, 2.05) is 25.3 Å². The lowest BCUT2D eigenvalue weighted by molar-refractivity contribution is 0.292. The Morgan fingerprint density at radius 2 is 1.94 bits per heavy atom. The molecule has 2 aliphatic heterocycles. The van der Waals surface area contributed by atoms with Crippen LogP contribution in [-0.4, -0.2) is 57.1 Å². The first kappa shape index (κ1) is 19.7. The van der Waals surface area contributed by atoms with E-state index in [0.29, 0.717) is 34.9 Å². The van der Waals surface area contributed by atoms with E-state index in [0.717, 1.165) is 35.8 Å². The highest BCUT2D eigenvalue weighted by molar-refractivity contribution is 5.78. The summed E-state index contributed by atoms with van der Waals surface area (Å²) in [5.41, 5.74) is 3.64. The second kappa shape index (κ2) is 7.59. The number of hydrogen-bond acceptors (Lipinski definition) is 9. The van der Waals surface area contributed by atoms with E-state index < -0.39 is 5.76 Å². The van der Waals surface area contributed by atoms with Gasteiger partial charge in [-0.15, -0.1) is 0 Å². The highest BCUT2D eigenvalue weighted by atomic mass is 16.4. The standard InChI is InChI=1S/C23H24N8O2/c1-13-9-25-22(29-21(13)26-14-3-5-19-18(7-14)28-23(32)33-19)27-15-4-6-20(24-10-15)31-12-16-8-17(31)11-30(16)2/h3-7,9-10,16-17H,8,11-12H2,1-2H3,(H,28,32)(H2,25,26,27,29)/t16-,17-/m1/s1. The Morgan fingerprint density at radius 3 is 2.70 bits per heavy atom. The number of piperazine rings is 1. The van der Waals surface area contributed by atoms with Gasteiger partial charge in [0.05, 0.1) is 17.4 Å². The molecule has 1 aromatic carbocycles. The molecule has 168 valence electrons. The summed E-state index contributed by atoms with van der Waals surface area (Å²) in [4.78, 5) is 32.6. The topological polar surface area (TPSA) is 115 Å². The van der Waals surface area contributed by atoms with Gasteiger partial charge in [-0.3, -0.25) is 9.88 Å². The molecule has 33 heavy (non-hydrogen) atoms. The first-order valence-electron chi connectivity index (χ1n) is 11.0. The molecule has 2 fully saturated rings. The van der Waals surface area contributed by atoms with Crippen LogP contribution in [0.5, 0.6) is 0 Å². The number of hydrogen-bond donors (Lipinski definition) is 3. The minimum absolute atomic E-state index is 0.470. The summed E-state index contributed by atoms with van der Waals surface area (Å²) in [6.07, 6.45) is 4.80. The molecule has 0 unspecified atom stereocenters. The third-order valence-electron chi connectivity index (χ3n) is 6.47. The van der Waals surface area contributed by atoms with Crippen molar-refractivity contribution in [3.63, 3.8) is 0 Å². The first-order valence-corrected chi connectivity index (χ1v) is 11.0. The monoisotopic (exact) mass is 444 g/mol. The number of benzene rings is 1. The molecule has 2 saturated heterocycles. The molecule has 0 spiro atoms. The third-order valence-corrected chi connectivity index (χ3v) is 6.47. The number of aromatic amines is 1. The Bertz CT molecular complexity index is 1380. The quantitative estimate of drug-likeness (QED) is 0.427. The second-order valence-corrected chi connectivity index (χ2v) is 8.74. The number of H-pyrrole nitrogens is 1. The molecule has 2 atom stereocenters. The summed E-state index contributed by atoms with van der Waals surface area (Å²) in [5, 5.41) is 6.52. The average Bonchev–Trinajstić information content (AvgIpc) is 3.49. The van der Waals surface area contributed by atoms with Gasteiger partial charge in [0.15, 0.2) is 5.58 Å². The van der Waals surface area contributed by atoms with Gasteiger partial charge < -0.3 is 20.0 Å². The van der Waals surface area contributed by atoms with Crippen molar-refractivity contribution in [1.29, 1.82) is 0 Å². The maximum absolute atomic E-state index is 11.4. The van der Waals surface area contributed by atoms with Crippen molar-refractivity contribution in [1.82, 2.24) is 24.8 Å². The van der Waals surface area contributed by atoms with Gasteiger partial charge in [-0.2, -0.15) is 4.98 Å². The Hall–Kier alpha value is -3.92. The van der Waals surface area contributed by atoms with Crippen LogP contribution in [0, 0.1) is 6.92 Å². The van der Waals surface area contributed by atoms with Crippen molar-refractivity contribution in [2.24, 2.45) is 0 Å². The summed E-state index contributed by atoms with van der Waals surface area (Å²) < 4.78 is 5.06. The molecule has 3 aromatic heterocycles. The van der Waals surface area contributed by atoms with Crippen LogP contribution in [0.25, 0.3) is 11.1 Å². The number of rotatable bonds is 5. The van der Waals surface area contributed by atoms with Crippen LogP contribution in [-0.2, 0) is 0 Å². The summed E-state index contributed by atoms with van der Waals surface area (Å²) in [6.45, 7) is 4.07. The number of anilines is 5. The van der Waals surface area contributed by atoms with E-state index in [1.165, 1.54) is 6.42 Å². The number of aryl methyl sites for hydroxylation is 1. The maximum Gasteiger partial charge on any atom is 0.417 e. The van der Waals surface area contributed by atoms with Crippen LogP contribution in [0.3, 0.4) is 0 Å². The molecular weight excluding hydrogens is 420 g/mol. The normalized spacial score (nSPS) is 20.0. The molecule has 5 heterocycles. The Labute approximate surface area is 189 Å². The molecule has 0 saturated carbocycles. The number of fused-ring (bicyclic) bond motifs is 3. The molecular formula is C23H24N8O2. The van der Waals surface area contributed by atoms with Gasteiger partial charge in [-0.25, -0.2) is 14.8 Å². The average molecular weight is 444 g/mol. The van der Waals surface area contributed by atoms with E-state index in [-0.39, 0.29) is 0 Å². The van der Waals surface area contributed by atoms with Crippen LogP contribution in [0.15, 0.2) is 51.9 Å². The van der Waals surface area contributed by atoms with Gasteiger partial charge in [-0.1, -0.05) is 0 Å². The Balaban J connectivity index is 1.17. The predicted octanol–water partition coefficient (Wildman–Crippen LogP) is 2.99. The maximum atomic E-state index is 11.4. The fourth-order valence-corrected chi connectivity index (χ4v) is 4.70. The highest BCUT2D eigenvalue weighted by Gasteiger charge is 2.41. The highest BCUT2D eigenvalue weighted by Crippen LogP contribution is 2.33. The smallest absolute Gasteiger partial charge is 0.408 e. The molecule has 2 bridgehead atoms. The van der Waals surface area contributed by atoms with E-state index in [9.17, 15) is 4.79 Å². The van der Waals surface area contributed by atoms with Crippen molar-refractivity contribution >= 4 is 40.1 Å². The lowest BCUT2D eigenvalue weighted by atomic mass is 10.2. The van der Waals surface area contributed by atoms with Gasteiger partial charge in [0.25, 0.3) is 0 Å². The zero-order valence-corrected chi connectivity index (χ0v) is 18.4. The molecule has 10 heteroatoms. The van der Waals surface area contributed by atoms with Gasteiger partial charge in [0.2, 0.25) is 5.95 Å². The van der Waals surface area contributed by atoms with Gasteiger partial charge >= 0.3 is 5.76 Å². The minimum Gasteiger partial charge on any atom is -0.408 e. The van der Waals surface area contributed by atoms with Crippen LogP contribution < -0.4 is 21.3 Å². The number of likely N-dealkylation sites (tertiary alicyclic amines) is 1. The van der Waals surface area contributed by atoms with Crippen LogP contribution >= 0.6 is 0 Å². The summed E-state index contributed by atoms with van der Waals surface area (Å²) in [7, 11) is 2.20. The number of aromatic nitrogens is 4.